The number of rotatable bonds is 1. The molecule has 0 spiro atoms. The molecule has 0 saturated carbocycles. The molecule has 1 atom stereocenters. The molecule has 1 amide bonds. The molecule has 0 aliphatic carbocycles. The zero-order valence-corrected chi connectivity index (χ0v) is 7.49. The highest BCUT2D eigenvalue weighted by atomic mass is 16.2. The van der Waals surface area contributed by atoms with Crippen LogP contribution in [0.25, 0.3) is 0 Å². The summed E-state index contributed by atoms with van der Waals surface area (Å²) in [4.78, 5) is 24.9. The van der Waals surface area contributed by atoms with E-state index in [1.54, 1.807) is 4.90 Å². The van der Waals surface area contributed by atoms with Gasteiger partial charge in [0.15, 0.2) is 0 Å². The largest absolute Gasteiger partial charge is 0.334 e. The molecule has 0 N–H and O–H groups in total. The highest BCUT2D eigenvalue weighted by Crippen LogP contribution is 2.05. The second-order valence-electron chi connectivity index (χ2n) is 3.23. The van der Waals surface area contributed by atoms with E-state index in [9.17, 15) is 9.59 Å². The molecule has 1 saturated heterocycles. The average Bonchev–Trinajstić information content (AvgIpc) is 2.08. The van der Waals surface area contributed by atoms with Crippen LogP contribution in [-0.4, -0.2) is 54.7 Å². The number of nitrogens with zero attached hydrogens (tertiary/aromatic N) is 2. The van der Waals surface area contributed by atoms with E-state index in [1.807, 2.05) is 14.0 Å². The standard InChI is InChI=1S/C8H14N2O2/c1-7-5-10(8(12)6-11)4-3-9(7)2/h6-7H,3-5H2,1-2H3. The number of amides is 1. The van der Waals surface area contributed by atoms with Gasteiger partial charge in [0.2, 0.25) is 6.29 Å². The number of hydrogen-bond donors (Lipinski definition) is 0. The Labute approximate surface area is 72.1 Å². The minimum atomic E-state index is -0.394. The van der Waals surface area contributed by atoms with E-state index in [4.69, 9.17) is 0 Å². The van der Waals surface area contributed by atoms with Crippen molar-refractivity contribution in [2.24, 2.45) is 0 Å². The second kappa shape index (κ2) is 3.67. The topological polar surface area (TPSA) is 40.6 Å². The van der Waals surface area contributed by atoms with Gasteiger partial charge in [0.05, 0.1) is 0 Å². The normalized spacial score (nSPS) is 25.5. The van der Waals surface area contributed by atoms with Gasteiger partial charge in [-0.25, -0.2) is 0 Å². The van der Waals surface area contributed by atoms with Crippen LogP contribution < -0.4 is 0 Å². The molecule has 1 fully saturated rings. The Balaban J connectivity index is 2.50. The lowest BCUT2D eigenvalue weighted by Gasteiger charge is -2.36. The molecular weight excluding hydrogens is 156 g/mol. The van der Waals surface area contributed by atoms with Gasteiger partial charge in [-0.1, -0.05) is 0 Å². The molecule has 1 aliphatic heterocycles. The van der Waals surface area contributed by atoms with Crippen molar-refractivity contribution in [1.82, 2.24) is 9.80 Å². The van der Waals surface area contributed by atoms with Gasteiger partial charge in [0, 0.05) is 25.7 Å². The fourth-order valence-electron chi connectivity index (χ4n) is 1.32. The number of carbonyl (C=O) groups excluding carboxylic acids is 2. The molecular formula is C8H14N2O2. The summed E-state index contributed by atoms with van der Waals surface area (Å²) in [5, 5.41) is 0. The lowest BCUT2D eigenvalue weighted by molar-refractivity contribution is -0.140. The van der Waals surface area contributed by atoms with Gasteiger partial charge in [-0.3, -0.25) is 9.59 Å². The summed E-state index contributed by atoms with van der Waals surface area (Å²) < 4.78 is 0. The fraction of sp³-hybridized carbons (Fsp3) is 0.750. The van der Waals surface area contributed by atoms with E-state index >= 15 is 0 Å². The number of carbonyl (C=O) groups is 2. The summed E-state index contributed by atoms with van der Waals surface area (Å²) in [6, 6.07) is 0.350. The van der Waals surface area contributed by atoms with Crippen LogP contribution >= 0.6 is 0 Å². The Hall–Kier alpha value is -0.900. The van der Waals surface area contributed by atoms with Crippen molar-refractivity contribution in [2.45, 2.75) is 13.0 Å². The predicted molar refractivity (Wildman–Crippen MR) is 44.7 cm³/mol. The molecule has 0 aromatic heterocycles. The molecule has 0 aromatic carbocycles. The number of likely N-dealkylation sites (N-methyl/N-ethyl adjacent to an activating group) is 1. The van der Waals surface area contributed by atoms with Crippen LogP contribution in [-0.2, 0) is 9.59 Å². The summed E-state index contributed by atoms with van der Waals surface area (Å²) in [5.74, 6) is -0.394. The van der Waals surface area contributed by atoms with Gasteiger partial charge < -0.3 is 9.80 Å². The molecule has 68 valence electrons. The van der Waals surface area contributed by atoms with Crippen LogP contribution in [0.1, 0.15) is 6.92 Å². The van der Waals surface area contributed by atoms with Crippen molar-refractivity contribution < 1.29 is 9.59 Å². The van der Waals surface area contributed by atoms with Crippen LogP contribution in [0, 0.1) is 0 Å². The smallest absolute Gasteiger partial charge is 0.286 e. The van der Waals surface area contributed by atoms with E-state index in [1.165, 1.54) is 0 Å². The number of aldehydes is 1. The molecule has 0 bridgehead atoms. The highest BCUT2D eigenvalue weighted by molar-refractivity contribution is 6.23. The van der Waals surface area contributed by atoms with Crippen molar-refractivity contribution in [2.75, 3.05) is 26.7 Å². The van der Waals surface area contributed by atoms with Gasteiger partial charge in [-0.2, -0.15) is 0 Å². The summed E-state index contributed by atoms with van der Waals surface area (Å²) in [7, 11) is 2.02. The van der Waals surface area contributed by atoms with Gasteiger partial charge in [-0.05, 0) is 14.0 Å². The molecule has 0 radical (unpaired) electrons. The fourth-order valence-corrected chi connectivity index (χ4v) is 1.32. The van der Waals surface area contributed by atoms with Crippen LogP contribution in [0.4, 0.5) is 0 Å². The van der Waals surface area contributed by atoms with Crippen LogP contribution in [0.2, 0.25) is 0 Å². The maximum atomic E-state index is 11.0. The van der Waals surface area contributed by atoms with Crippen molar-refractivity contribution in [3.63, 3.8) is 0 Å². The molecule has 1 unspecified atom stereocenters. The first-order valence-corrected chi connectivity index (χ1v) is 4.09. The van der Waals surface area contributed by atoms with Crippen LogP contribution in [0.3, 0.4) is 0 Å². The van der Waals surface area contributed by atoms with E-state index in [-0.39, 0.29) is 0 Å². The van der Waals surface area contributed by atoms with Gasteiger partial charge in [0.25, 0.3) is 5.91 Å². The van der Waals surface area contributed by atoms with Crippen LogP contribution in [0.15, 0.2) is 0 Å². The lowest BCUT2D eigenvalue weighted by Crippen LogP contribution is -2.52. The molecule has 12 heavy (non-hydrogen) atoms. The molecule has 1 rings (SSSR count). The first-order valence-electron chi connectivity index (χ1n) is 4.09. The molecule has 0 aromatic rings. The zero-order chi connectivity index (χ0) is 9.14. The van der Waals surface area contributed by atoms with E-state index in [0.717, 1.165) is 6.54 Å². The molecule has 4 heteroatoms. The Morgan fingerprint density at radius 3 is 2.67 bits per heavy atom. The van der Waals surface area contributed by atoms with E-state index in [0.29, 0.717) is 25.4 Å². The number of hydrogen-bond acceptors (Lipinski definition) is 3. The van der Waals surface area contributed by atoms with Crippen molar-refractivity contribution >= 4 is 12.2 Å². The summed E-state index contributed by atoms with van der Waals surface area (Å²) in [6.07, 6.45) is 0.387. The third kappa shape index (κ3) is 1.82. The minimum absolute atomic E-state index is 0.350. The average molecular weight is 170 g/mol. The van der Waals surface area contributed by atoms with E-state index in [2.05, 4.69) is 4.90 Å². The third-order valence-corrected chi connectivity index (χ3v) is 2.37. The Morgan fingerprint density at radius 1 is 1.50 bits per heavy atom. The Morgan fingerprint density at radius 2 is 2.17 bits per heavy atom. The minimum Gasteiger partial charge on any atom is -0.334 e. The Kier molecular flexibility index (Phi) is 2.81. The molecule has 4 nitrogen and oxygen atoms in total. The monoisotopic (exact) mass is 170 g/mol. The van der Waals surface area contributed by atoms with Crippen molar-refractivity contribution in [3.8, 4) is 0 Å². The summed E-state index contributed by atoms with van der Waals surface area (Å²) in [5.41, 5.74) is 0. The van der Waals surface area contributed by atoms with Crippen molar-refractivity contribution in [3.05, 3.63) is 0 Å². The summed E-state index contributed by atoms with van der Waals surface area (Å²) in [6.45, 7) is 4.22. The maximum Gasteiger partial charge on any atom is 0.286 e. The Bertz CT molecular complexity index is 193. The quantitative estimate of drug-likeness (QED) is 0.388. The van der Waals surface area contributed by atoms with Crippen molar-refractivity contribution in [1.29, 1.82) is 0 Å². The van der Waals surface area contributed by atoms with Gasteiger partial charge in [0.1, 0.15) is 0 Å². The van der Waals surface area contributed by atoms with Gasteiger partial charge >= 0.3 is 0 Å². The zero-order valence-electron chi connectivity index (χ0n) is 7.49. The second-order valence-corrected chi connectivity index (χ2v) is 3.23. The van der Waals surface area contributed by atoms with Crippen LogP contribution in [0.5, 0.6) is 0 Å². The highest BCUT2D eigenvalue weighted by Gasteiger charge is 2.23. The third-order valence-electron chi connectivity index (χ3n) is 2.37. The predicted octanol–water partition coefficient (Wildman–Crippen LogP) is -0.652. The molecule has 1 aliphatic rings. The van der Waals surface area contributed by atoms with E-state index < -0.39 is 5.91 Å². The molecule has 1 heterocycles. The first kappa shape index (κ1) is 9.19. The first-order chi connectivity index (χ1) is 5.65. The summed E-state index contributed by atoms with van der Waals surface area (Å²) >= 11 is 0. The van der Waals surface area contributed by atoms with Gasteiger partial charge in [-0.15, -0.1) is 0 Å². The SMILES string of the molecule is CC1CN(C(=O)C=O)CCN1C. The lowest BCUT2D eigenvalue weighted by atomic mass is 10.2. The maximum absolute atomic E-state index is 11.0. The number of piperazine rings is 1.